The Hall–Kier alpha value is -0.570. The van der Waals surface area contributed by atoms with Gasteiger partial charge in [-0.3, -0.25) is 0 Å². The van der Waals surface area contributed by atoms with Crippen LogP contribution >= 0.6 is 11.6 Å². The maximum atomic E-state index is 6.33. The Labute approximate surface area is 102 Å². The van der Waals surface area contributed by atoms with Crippen LogP contribution in [-0.4, -0.2) is 31.6 Å². The summed E-state index contributed by atoms with van der Waals surface area (Å²) in [6.45, 7) is 2.98. The van der Waals surface area contributed by atoms with E-state index < -0.39 is 0 Å². The second-order valence-electron chi connectivity index (χ2n) is 4.64. The average Bonchev–Trinajstić information content (AvgIpc) is 2.65. The predicted octanol–water partition coefficient (Wildman–Crippen LogP) is 2.26. The summed E-state index contributed by atoms with van der Waals surface area (Å²) < 4.78 is 0. The molecule has 1 aliphatic rings. The number of likely N-dealkylation sites (N-methyl/N-ethyl adjacent to an activating group) is 1. The largest absolute Gasteiger partial charge is 0.330 e. The summed E-state index contributed by atoms with van der Waals surface area (Å²) >= 11 is 6.33. The van der Waals surface area contributed by atoms with E-state index in [0.29, 0.717) is 12.5 Å². The van der Waals surface area contributed by atoms with E-state index in [1.807, 2.05) is 0 Å². The molecule has 1 heterocycles. The number of likely N-dealkylation sites (tertiary alicyclic amines) is 1. The molecule has 1 aromatic carbocycles. The van der Waals surface area contributed by atoms with Gasteiger partial charge >= 0.3 is 0 Å². The number of halogens is 1. The molecule has 16 heavy (non-hydrogen) atoms. The minimum absolute atomic E-state index is 0.601. The Balaban J connectivity index is 2.16. The maximum absolute atomic E-state index is 6.33. The molecule has 1 saturated heterocycles. The Morgan fingerprint density at radius 1 is 1.50 bits per heavy atom. The molecule has 3 heteroatoms. The lowest BCUT2D eigenvalue weighted by Gasteiger charge is -2.13. The van der Waals surface area contributed by atoms with Crippen LogP contribution in [0.2, 0.25) is 5.02 Å². The van der Waals surface area contributed by atoms with Crippen molar-refractivity contribution < 1.29 is 0 Å². The van der Waals surface area contributed by atoms with Crippen molar-refractivity contribution in [3.63, 3.8) is 0 Å². The highest BCUT2D eigenvalue weighted by molar-refractivity contribution is 6.31. The minimum atomic E-state index is 0.601. The van der Waals surface area contributed by atoms with Gasteiger partial charge < -0.3 is 10.6 Å². The average molecular weight is 239 g/mol. The minimum Gasteiger partial charge on any atom is -0.330 e. The van der Waals surface area contributed by atoms with Crippen LogP contribution in [0.25, 0.3) is 0 Å². The van der Waals surface area contributed by atoms with Crippen molar-refractivity contribution in [3.8, 4) is 0 Å². The zero-order valence-electron chi connectivity index (χ0n) is 9.75. The van der Waals surface area contributed by atoms with E-state index >= 15 is 0 Å². The molecule has 1 aromatic rings. The van der Waals surface area contributed by atoms with Crippen molar-refractivity contribution in [2.75, 3.05) is 26.7 Å². The Morgan fingerprint density at radius 2 is 2.31 bits per heavy atom. The van der Waals surface area contributed by atoms with Crippen LogP contribution in [0.5, 0.6) is 0 Å². The van der Waals surface area contributed by atoms with E-state index in [1.54, 1.807) is 0 Å². The van der Waals surface area contributed by atoms with E-state index in [0.717, 1.165) is 18.0 Å². The van der Waals surface area contributed by atoms with Gasteiger partial charge in [-0.25, -0.2) is 0 Å². The number of nitrogens with two attached hydrogens (primary N) is 1. The van der Waals surface area contributed by atoms with Crippen molar-refractivity contribution >= 4 is 11.6 Å². The molecular weight excluding hydrogens is 220 g/mol. The molecule has 2 N–H and O–H groups in total. The van der Waals surface area contributed by atoms with Gasteiger partial charge in [0.25, 0.3) is 0 Å². The first-order valence-electron chi connectivity index (χ1n) is 5.87. The molecule has 0 aliphatic carbocycles. The molecule has 0 spiro atoms. The third-order valence-corrected chi connectivity index (χ3v) is 3.66. The summed E-state index contributed by atoms with van der Waals surface area (Å²) in [5.74, 6) is 0.601. The van der Waals surface area contributed by atoms with Crippen molar-refractivity contribution in [2.24, 2.45) is 5.73 Å². The van der Waals surface area contributed by atoms with Crippen LogP contribution < -0.4 is 5.73 Å². The van der Waals surface area contributed by atoms with Crippen molar-refractivity contribution in [1.82, 2.24) is 4.90 Å². The number of rotatable bonds is 3. The lowest BCUT2D eigenvalue weighted by Crippen LogP contribution is -2.13. The van der Waals surface area contributed by atoms with E-state index in [2.05, 4.69) is 30.1 Å². The van der Waals surface area contributed by atoms with Gasteiger partial charge in [0.15, 0.2) is 0 Å². The van der Waals surface area contributed by atoms with Crippen LogP contribution in [0.1, 0.15) is 23.5 Å². The molecule has 1 fully saturated rings. The molecule has 88 valence electrons. The number of hydrogen-bond donors (Lipinski definition) is 1. The molecule has 2 rings (SSSR count). The molecule has 0 amide bonds. The van der Waals surface area contributed by atoms with Gasteiger partial charge in [0.1, 0.15) is 0 Å². The number of hydrogen-bond acceptors (Lipinski definition) is 2. The van der Waals surface area contributed by atoms with Crippen LogP contribution in [0.4, 0.5) is 0 Å². The Kier molecular flexibility index (Phi) is 3.85. The van der Waals surface area contributed by atoms with Crippen molar-refractivity contribution in [1.29, 1.82) is 0 Å². The quantitative estimate of drug-likeness (QED) is 0.876. The highest BCUT2D eigenvalue weighted by atomic mass is 35.5. The molecule has 2 nitrogen and oxygen atoms in total. The summed E-state index contributed by atoms with van der Waals surface area (Å²) in [7, 11) is 2.16. The summed E-state index contributed by atoms with van der Waals surface area (Å²) in [6.07, 6.45) is 2.12. The number of benzene rings is 1. The van der Waals surface area contributed by atoms with Gasteiger partial charge in [-0.15, -0.1) is 0 Å². The van der Waals surface area contributed by atoms with Gasteiger partial charge in [-0.2, -0.15) is 0 Å². The van der Waals surface area contributed by atoms with E-state index in [4.69, 9.17) is 17.3 Å². The third kappa shape index (κ3) is 2.57. The molecule has 1 atom stereocenters. The zero-order chi connectivity index (χ0) is 11.5. The van der Waals surface area contributed by atoms with E-state index in [-0.39, 0.29) is 0 Å². The maximum Gasteiger partial charge on any atom is 0.0444 e. The van der Waals surface area contributed by atoms with Gasteiger partial charge in [0.05, 0.1) is 0 Å². The molecule has 0 saturated carbocycles. The topological polar surface area (TPSA) is 29.3 Å². The first-order chi connectivity index (χ1) is 7.70. The fraction of sp³-hybridized carbons (Fsp3) is 0.538. The van der Waals surface area contributed by atoms with Gasteiger partial charge in [-0.05, 0) is 56.1 Å². The fourth-order valence-electron chi connectivity index (χ4n) is 2.41. The summed E-state index contributed by atoms with van der Waals surface area (Å²) in [5.41, 5.74) is 8.08. The number of nitrogens with zero attached hydrogens (tertiary/aromatic N) is 1. The van der Waals surface area contributed by atoms with Crippen LogP contribution in [0.3, 0.4) is 0 Å². The summed E-state index contributed by atoms with van der Waals surface area (Å²) in [6, 6.07) is 6.41. The van der Waals surface area contributed by atoms with Crippen LogP contribution in [-0.2, 0) is 6.42 Å². The van der Waals surface area contributed by atoms with Crippen LogP contribution in [0, 0.1) is 0 Å². The highest BCUT2D eigenvalue weighted by Gasteiger charge is 2.22. The highest BCUT2D eigenvalue weighted by Crippen LogP contribution is 2.32. The first-order valence-corrected chi connectivity index (χ1v) is 6.25. The molecular formula is C13H19ClN2. The molecule has 1 unspecified atom stereocenters. The zero-order valence-corrected chi connectivity index (χ0v) is 10.5. The third-order valence-electron chi connectivity index (χ3n) is 3.33. The first kappa shape index (κ1) is 11.9. The Morgan fingerprint density at radius 3 is 2.88 bits per heavy atom. The van der Waals surface area contributed by atoms with Crippen LogP contribution in [0.15, 0.2) is 18.2 Å². The SMILES string of the molecule is CN1CCC(c2ccc(CCN)cc2Cl)C1. The normalized spacial score (nSPS) is 21.6. The van der Waals surface area contributed by atoms with Gasteiger partial charge in [0.2, 0.25) is 0 Å². The van der Waals surface area contributed by atoms with Gasteiger partial charge in [0, 0.05) is 11.6 Å². The van der Waals surface area contributed by atoms with E-state index in [9.17, 15) is 0 Å². The second-order valence-corrected chi connectivity index (χ2v) is 5.05. The smallest absolute Gasteiger partial charge is 0.0444 e. The van der Waals surface area contributed by atoms with Crippen molar-refractivity contribution in [2.45, 2.75) is 18.8 Å². The Bertz CT molecular complexity index is 365. The second kappa shape index (κ2) is 5.17. The molecule has 0 radical (unpaired) electrons. The lowest BCUT2D eigenvalue weighted by atomic mass is 9.96. The lowest BCUT2D eigenvalue weighted by molar-refractivity contribution is 0.411. The summed E-state index contributed by atoms with van der Waals surface area (Å²) in [4.78, 5) is 2.36. The van der Waals surface area contributed by atoms with Crippen molar-refractivity contribution in [3.05, 3.63) is 34.3 Å². The predicted molar refractivity (Wildman–Crippen MR) is 69.1 cm³/mol. The molecule has 1 aliphatic heterocycles. The monoisotopic (exact) mass is 238 g/mol. The molecule has 0 bridgehead atoms. The van der Waals surface area contributed by atoms with E-state index in [1.165, 1.54) is 24.1 Å². The summed E-state index contributed by atoms with van der Waals surface area (Å²) in [5, 5.41) is 0.909. The van der Waals surface area contributed by atoms with Gasteiger partial charge in [-0.1, -0.05) is 23.7 Å². The molecule has 0 aromatic heterocycles. The fourth-order valence-corrected chi connectivity index (χ4v) is 2.77. The standard InChI is InChI=1S/C13H19ClN2/c1-16-7-5-11(9-16)12-3-2-10(4-6-15)8-13(12)14/h2-3,8,11H,4-7,9,15H2,1H3.